The van der Waals surface area contributed by atoms with E-state index in [4.69, 9.17) is 16.7 Å². The van der Waals surface area contributed by atoms with Crippen molar-refractivity contribution in [2.45, 2.75) is 17.2 Å². The van der Waals surface area contributed by atoms with Crippen molar-refractivity contribution in [2.75, 3.05) is 0 Å². The summed E-state index contributed by atoms with van der Waals surface area (Å²) >= 11 is 0.788. The maximum Gasteiger partial charge on any atom is 0.240 e. The quantitative estimate of drug-likeness (QED) is 0.560. The van der Waals surface area contributed by atoms with Crippen LogP contribution in [0.3, 0.4) is 0 Å². The molecule has 0 fully saturated rings. The van der Waals surface area contributed by atoms with E-state index >= 15 is 0 Å². The number of pyridine rings is 1. The van der Waals surface area contributed by atoms with E-state index in [0.717, 1.165) is 11.8 Å². The highest BCUT2D eigenvalue weighted by atomic mass is 32.2. The number of nitrogens with zero attached hydrogens (tertiary/aromatic N) is 2. The second-order valence-electron chi connectivity index (χ2n) is 3.22. The minimum atomic E-state index is -1.23. The Morgan fingerprint density at radius 2 is 2.00 bits per heavy atom. The number of aryl methyl sites for hydroxylation is 1. The van der Waals surface area contributed by atoms with Gasteiger partial charge >= 0.3 is 0 Å². The van der Waals surface area contributed by atoms with E-state index in [1.54, 1.807) is 19.1 Å². The Labute approximate surface area is 102 Å². The number of thioether (sulfide) groups is 1. The van der Waals surface area contributed by atoms with Crippen molar-refractivity contribution in [3.63, 3.8) is 0 Å². The van der Waals surface area contributed by atoms with Crippen LogP contribution in [0.1, 0.15) is 11.3 Å². The van der Waals surface area contributed by atoms with Gasteiger partial charge in [0.15, 0.2) is 5.25 Å². The van der Waals surface area contributed by atoms with Gasteiger partial charge < -0.3 is 11.5 Å². The van der Waals surface area contributed by atoms with Crippen LogP contribution in [0.4, 0.5) is 0 Å². The molecule has 7 heteroatoms. The third-order valence-corrected chi connectivity index (χ3v) is 3.10. The molecule has 0 aromatic carbocycles. The van der Waals surface area contributed by atoms with Crippen molar-refractivity contribution >= 4 is 23.6 Å². The number of aromatic nitrogens is 1. The van der Waals surface area contributed by atoms with Crippen LogP contribution in [0, 0.1) is 18.3 Å². The molecule has 0 spiro atoms. The smallest absolute Gasteiger partial charge is 0.240 e. The number of primary amides is 2. The van der Waals surface area contributed by atoms with E-state index in [1.165, 1.54) is 0 Å². The summed E-state index contributed by atoms with van der Waals surface area (Å²) in [5.41, 5.74) is 11.0. The molecule has 0 bridgehead atoms. The van der Waals surface area contributed by atoms with E-state index in [9.17, 15) is 9.59 Å². The number of hydrogen-bond acceptors (Lipinski definition) is 5. The first-order chi connectivity index (χ1) is 7.95. The lowest BCUT2D eigenvalue weighted by Crippen LogP contribution is -2.37. The number of carbonyl (C=O) groups is 2. The largest absolute Gasteiger partial charge is 0.368 e. The standard InChI is InChI=1S/C10H10N4O2S/c1-5-2-3-6(4-11)10(14-5)17-7(8(12)15)9(13)16/h2-3,7H,1H3,(H2,12,15)(H2,13,16). The number of nitrogens with two attached hydrogens (primary N) is 2. The van der Waals surface area contributed by atoms with Crippen molar-refractivity contribution in [1.82, 2.24) is 4.98 Å². The Morgan fingerprint density at radius 3 is 2.47 bits per heavy atom. The Kier molecular flexibility index (Phi) is 4.06. The Balaban J connectivity index is 3.09. The molecule has 0 radical (unpaired) electrons. The van der Waals surface area contributed by atoms with Gasteiger partial charge in [-0.3, -0.25) is 9.59 Å². The van der Waals surface area contributed by atoms with Crippen LogP contribution in [-0.4, -0.2) is 22.0 Å². The molecular formula is C10H10N4O2S. The van der Waals surface area contributed by atoms with Crippen LogP contribution in [0.2, 0.25) is 0 Å². The van der Waals surface area contributed by atoms with E-state index < -0.39 is 17.1 Å². The van der Waals surface area contributed by atoms with Crippen LogP contribution < -0.4 is 11.5 Å². The molecular weight excluding hydrogens is 240 g/mol. The van der Waals surface area contributed by atoms with Gasteiger partial charge in [-0.2, -0.15) is 5.26 Å². The predicted molar refractivity (Wildman–Crippen MR) is 61.7 cm³/mol. The molecule has 1 rings (SSSR count). The summed E-state index contributed by atoms with van der Waals surface area (Å²) in [6.07, 6.45) is 0. The first-order valence-electron chi connectivity index (χ1n) is 4.58. The molecule has 2 amide bonds. The van der Waals surface area contributed by atoms with Crippen LogP contribution >= 0.6 is 11.8 Å². The Morgan fingerprint density at radius 1 is 1.41 bits per heavy atom. The highest BCUT2D eigenvalue weighted by Gasteiger charge is 2.25. The molecule has 0 atom stereocenters. The average Bonchev–Trinajstić information content (AvgIpc) is 2.25. The third kappa shape index (κ3) is 3.19. The Bertz CT molecular complexity index is 496. The number of hydrogen-bond donors (Lipinski definition) is 2. The van der Waals surface area contributed by atoms with Gasteiger partial charge in [0, 0.05) is 5.69 Å². The van der Waals surface area contributed by atoms with Gasteiger partial charge in [-0.1, -0.05) is 11.8 Å². The molecule has 0 aliphatic carbocycles. The first-order valence-corrected chi connectivity index (χ1v) is 5.46. The van der Waals surface area contributed by atoms with Crippen molar-refractivity contribution in [3.8, 4) is 6.07 Å². The van der Waals surface area contributed by atoms with Crippen LogP contribution in [-0.2, 0) is 9.59 Å². The highest BCUT2D eigenvalue weighted by molar-refractivity contribution is 8.01. The molecule has 6 nitrogen and oxygen atoms in total. The molecule has 4 N–H and O–H groups in total. The SMILES string of the molecule is Cc1ccc(C#N)c(SC(C(N)=O)C(N)=O)n1. The average molecular weight is 250 g/mol. The lowest BCUT2D eigenvalue weighted by molar-refractivity contribution is -0.125. The molecule has 0 aliphatic heterocycles. The number of nitriles is 1. The van der Waals surface area contributed by atoms with Gasteiger partial charge in [-0.05, 0) is 19.1 Å². The van der Waals surface area contributed by atoms with Crippen molar-refractivity contribution in [3.05, 3.63) is 23.4 Å². The normalized spacial score (nSPS) is 9.94. The highest BCUT2D eigenvalue weighted by Crippen LogP contribution is 2.24. The lowest BCUT2D eigenvalue weighted by Gasteiger charge is -2.09. The zero-order chi connectivity index (χ0) is 13.0. The van der Waals surface area contributed by atoms with Crippen LogP contribution in [0.25, 0.3) is 0 Å². The molecule has 17 heavy (non-hydrogen) atoms. The summed E-state index contributed by atoms with van der Waals surface area (Å²) in [6.45, 7) is 1.73. The molecule has 0 saturated heterocycles. The summed E-state index contributed by atoms with van der Waals surface area (Å²) < 4.78 is 0. The summed E-state index contributed by atoms with van der Waals surface area (Å²) in [6, 6.07) is 5.14. The van der Waals surface area contributed by atoms with Gasteiger partial charge in [-0.15, -0.1) is 0 Å². The topological polar surface area (TPSA) is 123 Å². The van der Waals surface area contributed by atoms with E-state index in [0.29, 0.717) is 5.69 Å². The molecule has 88 valence electrons. The molecule has 1 aromatic heterocycles. The van der Waals surface area contributed by atoms with Gasteiger partial charge in [0.2, 0.25) is 11.8 Å². The number of amides is 2. The summed E-state index contributed by atoms with van der Waals surface area (Å²) in [5.74, 6) is -1.70. The zero-order valence-electron chi connectivity index (χ0n) is 9.01. The molecule has 1 aromatic rings. The fraction of sp³-hybridized carbons (Fsp3) is 0.200. The first kappa shape index (κ1) is 13.0. The van der Waals surface area contributed by atoms with Crippen molar-refractivity contribution in [1.29, 1.82) is 5.26 Å². The van der Waals surface area contributed by atoms with Crippen molar-refractivity contribution in [2.24, 2.45) is 11.5 Å². The molecule has 0 aliphatic rings. The Hall–Kier alpha value is -2.07. The number of carbonyl (C=O) groups excluding carboxylic acids is 2. The monoisotopic (exact) mass is 250 g/mol. The molecule has 0 unspecified atom stereocenters. The van der Waals surface area contributed by atoms with Crippen molar-refractivity contribution < 1.29 is 9.59 Å². The summed E-state index contributed by atoms with van der Waals surface area (Å²) in [5, 5.41) is 7.91. The number of rotatable bonds is 4. The van der Waals surface area contributed by atoms with Crippen LogP contribution in [0.5, 0.6) is 0 Å². The fourth-order valence-electron chi connectivity index (χ4n) is 1.08. The summed E-state index contributed by atoms with van der Waals surface area (Å²) in [4.78, 5) is 26.1. The third-order valence-electron chi connectivity index (χ3n) is 1.87. The van der Waals surface area contributed by atoms with Gasteiger partial charge in [0.05, 0.1) is 5.56 Å². The van der Waals surface area contributed by atoms with Crippen LogP contribution in [0.15, 0.2) is 17.2 Å². The molecule has 1 heterocycles. The zero-order valence-corrected chi connectivity index (χ0v) is 9.82. The maximum absolute atomic E-state index is 11.0. The second kappa shape index (κ2) is 5.32. The predicted octanol–water partition coefficient (Wildman–Crippen LogP) is -0.307. The minimum Gasteiger partial charge on any atom is -0.368 e. The van der Waals surface area contributed by atoms with E-state index in [-0.39, 0.29) is 10.6 Å². The molecule has 0 saturated carbocycles. The summed E-state index contributed by atoms with van der Waals surface area (Å²) in [7, 11) is 0. The van der Waals surface area contributed by atoms with E-state index in [1.807, 2.05) is 6.07 Å². The van der Waals surface area contributed by atoms with Gasteiger partial charge in [-0.25, -0.2) is 4.98 Å². The fourth-order valence-corrected chi connectivity index (χ4v) is 1.97. The lowest BCUT2D eigenvalue weighted by atomic mass is 10.3. The van der Waals surface area contributed by atoms with Gasteiger partial charge in [0.25, 0.3) is 0 Å². The minimum absolute atomic E-state index is 0.271. The van der Waals surface area contributed by atoms with Gasteiger partial charge in [0.1, 0.15) is 11.1 Å². The maximum atomic E-state index is 11.0. The van der Waals surface area contributed by atoms with E-state index in [2.05, 4.69) is 4.98 Å². The second-order valence-corrected chi connectivity index (χ2v) is 4.31.